The molecule has 0 amide bonds. The standard InChI is InChI=1S/C4H5Cl2F3S2/c5-3(6,7)4(8,9)11-2-1-10/h10H,1-2H2. The van der Waals surface area contributed by atoms with E-state index in [1.807, 2.05) is 0 Å². The predicted octanol–water partition coefficient (Wildman–Crippen LogP) is 3.34. The van der Waals surface area contributed by atoms with E-state index >= 15 is 0 Å². The zero-order valence-electron chi connectivity index (χ0n) is 5.16. The first-order chi connectivity index (χ1) is 4.81. The Morgan fingerprint density at radius 3 is 2.00 bits per heavy atom. The fraction of sp³-hybridized carbons (Fsp3) is 1.00. The molecule has 0 rings (SSSR count). The molecule has 0 bridgehead atoms. The molecular formula is C4H5Cl2F3S2. The van der Waals surface area contributed by atoms with Gasteiger partial charge in [0, 0.05) is 5.75 Å². The Kier molecular flexibility index (Phi) is 4.77. The number of hydrogen-bond acceptors (Lipinski definition) is 2. The van der Waals surface area contributed by atoms with E-state index in [1.54, 1.807) is 0 Å². The molecule has 0 nitrogen and oxygen atoms in total. The summed E-state index contributed by atoms with van der Waals surface area (Å²) in [5.41, 5.74) is 0. The van der Waals surface area contributed by atoms with Gasteiger partial charge >= 0.3 is 9.84 Å². The third-order valence-corrected chi connectivity index (χ3v) is 2.98. The Bertz CT molecular complexity index is 125. The minimum atomic E-state index is -3.78. The molecule has 68 valence electrons. The Hall–Kier alpha value is 1.07. The molecular weight excluding hydrogens is 240 g/mol. The van der Waals surface area contributed by atoms with Gasteiger partial charge in [-0.2, -0.15) is 25.8 Å². The maximum absolute atomic E-state index is 12.4. The zero-order valence-corrected chi connectivity index (χ0v) is 8.38. The van der Waals surface area contributed by atoms with Crippen molar-refractivity contribution in [2.45, 2.75) is 9.84 Å². The number of halogens is 5. The van der Waals surface area contributed by atoms with Crippen LogP contribution >= 0.6 is 47.6 Å². The van der Waals surface area contributed by atoms with Gasteiger partial charge in [0.1, 0.15) is 0 Å². The lowest BCUT2D eigenvalue weighted by Gasteiger charge is -2.20. The van der Waals surface area contributed by atoms with Crippen LogP contribution in [0.1, 0.15) is 0 Å². The highest BCUT2D eigenvalue weighted by molar-refractivity contribution is 8.01. The quantitative estimate of drug-likeness (QED) is 0.585. The number of thiol groups is 1. The maximum atomic E-state index is 12.4. The molecule has 0 aliphatic carbocycles. The minimum absolute atomic E-state index is 0.0127. The van der Waals surface area contributed by atoms with Crippen LogP contribution in [-0.2, 0) is 0 Å². The molecule has 0 heterocycles. The van der Waals surface area contributed by atoms with Crippen LogP contribution in [0.5, 0.6) is 0 Å². The van der Waals surface area contributed by atoms with Gasteiger partial charge in [-0.05, 0) is 5.75 Å². The summed E-state index contributed by atoms with van der Waals surface area (Å²) in [4.78, 5) is 0. The molecule has 0 saturated carbocycles. The number of hydrogen-bond donors (Lipinski definition) is 1. The number of rotatable bonds is 4. The lowest BCUT2D eigenvalue weighted by atomic mass is 10.8. The SMILES string of the molecule is FC(Cl)(Cl)C(F)(F)SCCS. The molecule has 0 atom stereocenters. The van der Waals surface area contributed by atoms with Crippen molar-refractivity contribution < 1.29 is 13.2 Å². The minimum Gasteiger partial charge on any atom is -0.200 e. The van der Waals surface area contributed by atoms with Gasteiger partial charge in [-0.15, -0.1) is 0 Å². The summed E-state index contributed by atoms with van der Waals surface area (Å²) in [6.45, 7) is 0. The van der Waals surface area contributed by atoms with Crippen LogP contribution < -0.4 is 0 Å². The van der Waals surface area contributed by atoms with Crippen LogP contribution in [0.2, 0.25) is 0 Å². The van der Waals surface area contributed by atoms with Gasteiger partial charge < -0.3 is 0 Å². The highest BCUT2D eigenvalue weighted by Gasteiger charge is 2.53. The van der Waals surface area contributed by atoms with E-state index in [0.717, 1.165) is 0 Å². The van der Waals surface area contributed by atoms with Crippen molar-refractivity contribution in [3.63, 3.8) is 0 Å². The normalized spacial score (nSPS) is 13.6. The van der Waals surface area contributed by atoms with Crippen molar-refractivity contribution in [2.75, 3.05) is 11.5 Å². The lowest BCUT2D eigenvalue weighted by Crippen LogP contribution is -2.31. The smallest absolute Gasteiger partial charge is 0.200 e. The zero-order chi connectivity index (χ0) is 9.12. The molecule has 0 aromatic heterocycles. The molecule has 0 radical (unpaired) electrons. The highest BCUT2D eigenvalue weighted by Crippen LogP contribution is 2.47. The van der Waals surface area contributed by atoms with Gasteiger partial charge in [-0.25, -0.2) is 0 Å². The van der Waals surface area contributed by atoms with Gasteiger partial charge in [0.25, 0.3) is 0 Å². The second-order valence-electron chi connectivity index (χ2n) is 1.59. The summed E-state index contributed by atoms with van der Waals surface area (Å²) in [6.07, 6.45) is 0. The Morgan fingerprint density at radius 2 is 1.73 bits per heavy atom. The summed E-state index contributed by atoms with van der Waals surface area (Å²) in [7, 11) is 0. The van der Waals surface area contributed by atoms with Crippen molar-refractivity contribution >= 4 is 47.6 Å². The second-order valence-corrected chi connectivity index (χ2v) is 4.48. The van der Waals surface area contributed by atoms with E-state index in [-0.39, 0.29) is 23.3 Å². The first-order valence-corrected chi connectivity index (χ1v) is 4.88. The van der Waals surface area contributed by atoms with Crippen LogP contribution in [0.3, 0.4) is 0 Å². The monoisotopic (exact) mass is 244 g/mol. The Balaban J connectivity index is 4.00. The van der Waals surface area contributed by atoms with E-state index in [9.17, 15) is 13.2 Å². The van der Waals surface area contributed by atoms with Gasteiger partial charge in [0.2, 0.25) is 0 Å². The molecule has 0 aromatic carbocycles. The molecule has 0 fully saturated rings. The van der Waals surface area contributed by atoms with E-state index in [4.69, 9.17) is 0 Å². The fourth-order valence-corrected chi connectivity index (χ4v) is 1.37. The summed E-state index contributed by atoms with van der Waals surface area (Å²) < 4.78 is 33.5. The van der Waals surface area contributed by atoms with E-state index in [0.29, 0.717) is 0 Å². The first kappa shape index (κ1) is 12.1. The molecule has 0 aromatic rings. The second kappa shape index (κ2) is 4.35. The molecule has 0 aliphatic rings. The average molecular weight is 245 g/mol. The van der Waals surface area contributed by atoms with Crippen LogP contribution in [0.15, 0.2) is 0 Å². The molecule has 0 unspecified atom stereocenters. The van der Waals surface area contributed by atoms with Crippen LogP contribution in [0.4, 0.5) is 13.2 Å². The van der Waals surface area contributed by atoms with E-state index < -0.39 is 9.84 Å². The molecule has 0 saturated heterocycles. The molecule has 0 aliphatic heterocycles. The lowest BCUT2D eigenvalue weighted by molar-refractivity contribution is 0.0326. The van der Waals surface area contributed by atoms with Gasteiger partial charge in [-0.1, -0.05) is 35.0 Å². The fourth-order valence-electron chi connectivity index (χ4n) is 0.256. The summed E-state index contributed by atoms with van der Waals surface area (Å²) in [5.74, 6) is 0.200. The molecule has 11 heavy (non-hydrogen) atoms. The van der Waals surface area contributed by atoms with Gasteiger partial charge in [0.05, 0.1) is 0 Å². The van der Waals surface area contributed by atoms with Gasteiger partial charge in [-0.3, -0.25) is 0 Å². The topological polar surface area (TPSA) is 0 Å². The third kappa shape index (κ3) is 4.01. The summed E-state index contributed by atoms with van der Waals surface area (Å²) in [6, 6.07) is 0. The van der Waals surface area contributed by atoms with E-state index in [1.165, 1.54) is 0 Å². The van der Waals surface area contributed by atoms with Crippen molar-refractivity contribution in [3.05, 3.63) is 0 Å². The van der Waals surface area contributed by atoms with Crippen molar-refractivity contribution in [2.24, 2.45) is 0 Å². The van der Waals surface area contributed by atoms with Crippen molar-refractivity contribution in [1.29, 1.82) is 0 Å². The van der Waals surface area contributed by atoms with Gasteiger partial charge in [0.15, 0.2) is 0 Å². The maximum Gasteiger partial charge on any atom is 0.355 e. The highest BCUT2D eigenvalue weighted by atomic mass is 35.5. The number of thioether (sulfide) groups is 1. The average Bonchev–Trinajstić information content (AvgIpc) is 1.81. The third-order valence-electron chi connectivity index (χ3n) is 0.705. The van der Waals surface area contributed by atoms with Crippen molar-refractivity contribution in [3.8, 4) is 0 Å². The predicted molar refractivity (Wildman–Crippen MR) is 46.8 cm³/mol. The summed E-state index contributed by atoms with van der Waals surface area (Å²) >= 11 is 12.8. The Morgan fingerprint density at radius 1 is 1.27 bits per heavy atom. The first-order valence-electron chi connectivity index (χ1n) is 2.50. The summed E-state index contributed by atoms with van der Waals surface area (Å²) in [5, 5.41) is -3.78. The Labute approximate surface area is 82.2 Å². The van der Waals surface area contributed by atoms with Crippen LogP contribution in [0, 0.1) is 0 Å². The molecule has 0 spiro atoms. The molecule has 7 heteroatoms. The molecule has 0 N–H and O–H groups in total. The van der Waals surface area contributed by atoms with Crippen LogP contribution in [-0.4, -0.2) is 21.3 Å². The number of alkyl halides is 5. The largest absolute Gasteiger partial charge is 0.355 e. The van der Waals surface area contributed by atoms with Crippen LogP contribution in [0.25, 0.3) is 0 Å². The van der Waals surface area contributed by atoms with E-state index in [2.05, 4.69) is 35.8 Å². The van der Waals surface area contributed by atoms with Crippen molar-refractivity contribution in [1.82, 2.24) is 0 Å².